The number of rotatable bonds is 6. The molecule has 3 nitrogen and oxygen atoms in total. The Balaban J connectivity index is 2.84. The van der Waals surface area contributed by atoms with E-state index in [0.29, 0.717) is 0 Å². The summed E-state index contributed by atoms with van der Waals surface area (Å²) in [5.74, 6) is 6.39. The largest absolute Gasteiger partial charge is 0.496 e. The molecule has 0 saturated carbocycles. The normalized spacial score (nSPS) is 12.1. The molecule has 0 fully saturated rings. The molecule has 0 amide bonds. The molecule has 0 bridgehead atoms. The van der Waals surface area contributed by atoms with Crippen molar-refractivity contribution in [3.63, 3.8) is 0 Å². The maximum absolute atomic E-state index is 5.53. The van der Waals surface area contributed by atoms with E-state index >= 15 is 0 Å². The SMILES string of the molecule is C=CCCC(NN)c1ccccc1OC. The zero-order chi connectivity index (χ0) is 11.1. The second kappa shape index (κ2) is 6.22. The highest BCUT2D eigenvalue weighted by Gasteiger charge is 2.12. The van der Waals surface area contributed by atoms with Crippen LogP contribution in [0.5, 0.6) is 5.75 Å². The zero-order valence-corrected chi connectivity index (χ0v) is 9.07. The van der Waals surface area contributed by atoms with E-state index in [0.717, 1.165) is 24.2 Å². The van der Waals surface area contributed by atoms with E-state index in [9.17, 15) is 0 Å². The van der Waals surface area contributed by atoms with E-state index in [1.807, 2.05) is 30.3 Å². The van der Waals surface area contributed by atoms with Crippen molar-refractivity contribution in [3.8, 4) is 5.75 Å². The maximum atomic E-state index is 5.53. The van der Waals surface area contributed by atoms with E-state index in [1.165, 1.54) is 0 Å². The van der Waals surface area contributed by atoms with E-state index in [-0.39, 0.29) is 6.04 Å². The van der Waals surface area contributed by atoms with Gasteiger partial charge in [0, 0.05) is 11.6 Å². The Morgan fingerprint density at radius 2 is 2.27 bits per heavy atom. The molecule has 3 heteroatoms. The van der Waals surface area contributed by atoms with Gasteiger partial charge in [-0.1, -0.05) is 24.3 Å². The van der Waals surface area contributed by atoms with Crippen LogP contribution in [0.15, 0.2) is 36.9 Å². The van der Waals surface area contributed by atoms with Crippen molar-refractivity contribution in [2.45, 2.75) is 18.9 Å². The highest BCUT2D eigenvalue weighted by atomic mass is 16.5. The Hall–Kier alpha value is -1.32. The molecule has 0 aliphatic carbocycles. The summed E-state index contributed by atoms with van der Waals surface area (Å²) < 4.78 is 5.29. The van der Waals surface area contributed by atoms with Gasteiger partial charge in [0.2, 0.25) is 0 Å². The fourth-order valence-corrected chi connectivity index (χ4v) is 1.57. The number of nitrogens with two attached hydrogens (primary N) is 1. The van der Waals surface area contributed by atoms with Crippen LogP contribution in [0.2, 0.25) is 0 Å². The lowest BCUT2D eigenvalue weighted by Gasteiger charge is -2.18. The average Bonchev–Trinajstić information content (AvgIpc) is 2.30. The summed E-state index contributed by atoms with van der Waals surface area (Å²) >= 11 is 0. The van der Waals surface area contributed by atoms with Gasteiger partial charge in [-0.05, 0) is 18.9 Å². The van der Waals surface area contributed by atoms with Crippen LogP contribution in [0.1, 0.15) is 24.4 Å². The monoisotopic (exact) mass is 206 g/mol. The summed E-state index contributed by atoms with van der Waals surface area (Å²) in [5.41, 5.74) is 3.89. The molecule has 1 aromatic rings. The number of hydrazine groups is 1. The highest BCUT2D eigenvalue weighted by molar-refractivity contribution is 5.35. The standard InChI is InChI=1S/C12H18N2O/c1-3-4-8-11(14-13)10-7-5-6-9-12(10)15-2/h3,5-7,9,11,14H,1,4,8,13H2,2H3. The number of methoxy groups -OCH3 is 1. The Bertz CT molecular complexity index is 312. The first kappa shape index (κ1) is 11.8. The molecule has 3 N–H and O–H groups in total. The minimum atomic E-state index is 0.110. The Morgan fingerprint density at radius 1 is 1.53 bits per heavy atom. The van der Waals surface area contributed by atoms with E-state index in [1.54, 1.807) is 7.11 Å². The van der Waals surface area contributed by atoms with E-state index in [2.05, 4.69) is 12.0 Å². The molecule has 0 spiro atoms. The number of allylic oxidation sites excluding steroid dienone is 1. The molecule has 1 aromatic carbocycles. The van der Waals surface area contributed by atoms with Gasteiger partial charge >= 0.3 is 0 Å². The van der Waals surface area contributed by atoms with Crippen LogP contribution in [0.25, 0.3) is 0 Å². The van der Waals surface area contributed by atoms with Crippen molar-refractivity contribution in [2.24, 2.45) is 5.84 Å². The third-order valence-electron chi connectivity index (χ3n) is 2.37. The Kier molecular flexibility index (Phi) is 4.87. The first-order chi connectivity index (χ1) is 7.33. The van der Waals surface area contributed by atoms with E-state index in [4.69, 9.17) is 10.6 Å². The lowest BCUT2D eigenvalue weighted by atomic mass is 10.0. The summed E-state index contributed by atoms with van der Waals surface area (Å²) in [6.45, 7) is 3.70. The molecule has 1 unspecified atom stereocenters. The van der Waals surface area contributed by atoms with Gasteiger partial charge in [0.25, 0.3) is 0 Å². The number of hydrogen-bond donors (Lipinski definition) is 2. The predicted molar refractivity (Wildman–Crippen MR) is 62.5 cm³/mol. The van der Waals surface area contributed by atoms with Crippen molar-refractivity contribution in [3.05, 3.63) is 42.5 Å². The highest BCUT2D eigenvalue weighted by Crippen LogP contribution is 2.27. The third kappa shape index (κ3) is 3.08. The fourth-order valence-electron chi connectivity index (χ4n) is 1.57. The number of hydrogen-bond acceptors (Lipinski definition) is 3. The molecule has 1 atom stereocenters. The molecular formula is C12H18N2O. The Labute approximate surface area is 90.9 Å². The van der Waals surface area contributed by atoms with Gasteiger partial charge < -0.3 is 4.74 Å². The van der Waals surface area contributed by atoms with Crippen LogP contribution in [0.4, 0.5) is 0 Å². The van der Waals surface area contributed by atoms with Gasteiger partial charge in [0.1, 0.15) is 5.75 Å². The minimum absolute atomic E-state index is 0.110. The molecule has 1 rings (SSSR count). The fraction of sp³-hybridized carbons (Fsp3) is 0.333. The van der Waals surface area contributed by atoms with Gasteiger partial charge in [-0.15, -0.1) is 6.58 Å². The van der Waals surface area contributed by atoms with E-state index < -0.39 is 0 Å². The lowest BCUT2D eigenvalue weighted by Crippen LogP contribution is -2.28. The van der Waals surface area contributed by atoms with Crippen molar-refractivity contribution in [2.75, 3.05) is 7.11 Å². The van der Waals surface area contributed by atoms with Crippen LogP contribution in [0.3, 0.4) is 0 Å². The summed E-state index contributed by atoms with van der Waals surface area (Å²) in [5, 5.41) is 0. The topological polar surface area (TPSA) is 47.3 Å². The van der Waals surface area contributed by atoms with Gasteiger partial charge in [0.15, 0.2) is 0 Å². The van der Waals surface area contributed by atoms with Crippen molar-refractivity contribution in [1.29, 1.82) is 0 Å². The van der Waals surface area contributed by atoms with Gasteiger partial charge in [-0.25, -0.2) is 0 Å². The predicted octanol–water partition coefficient (Wildman–Crippen LogP) is 2.17. The molecule has 0 saturated heterocycles. The van der Waals surface area contributed by atoms with Gasteiger partial charge in [0.05, 0.1) is 7.11 Å². The number of benzene rings is 1. The number of para-hydroxylation sites is 1. The van der Waals surface area contributed by atoms with Crippen LogP contribution in [-0.2, 0) is 0 Å². The van der Waals surface area contributed by atoms with Crippen LogP contribution in [-0.4, -0.2) is 7.11 Å². The number of ether oxygens (including phenoxy) is 1. The quantitative estimate of drug-likeness (QED) is 0.426. The van der Waals surface area contributed by atoms with Crippen LogP contribution < -0.4 is 16.0 Å². The zero-order valence-electron chi connectivity index (χ0n) is 9.07. The second-order valence-corrected chi connectivity index (χ2v) is 3.33. The Morgan fingerprint density at radius 3 is 2.87 bits per heavy atom. The molecule has 0 aliphatic rings. The smallest absolute Gasteiger partial charge is 0.123 e. The summed E-state index contributed by atoms with van der Waals surface area (Å²) in [6, 6.07) is 8.00. The second-order valence-electron chi connectivity index (χ2n) is 3.33. The summed E-state index contributed by atoms with van der Waals surface area (Å²) in [6.07, 6.45) is 3.73. The first-order valence-corrected chi connectivity index (χ1v) is 5.03. The van der Waals surface area contributed by atoms with Crippen molar-refractivity contribution >= 4 is 0 Å². The maximum Gasteiger partial charge on any atom is 0.123 e. The molecule has 0 radical (unpaired) electrons. The average molecular weight is 206 g/mol. The van der Waals surface area contributed by atoms with Crippen molar-refractivity contribution in [1.82, 2.24) is 5.43 Å². The summed E-state index contributed by atoms with van der Waals surface area (Å²) in [4.78, 5) is 0. The van der Waals surface area contributed by atoms with Crippen molar-refractivity contribution < 1.29 is 4.74 Å². The third-order valence-corrected chi connectivity index (χ3v) is 2.37. The van der Waals surface area contributed by atoms with Crippen LogP contribution >= 0.6 is 0 Å². The molecule has 0 aliphatic heterocycles. The minimum Gasteiger partial charge on any atom is -0.496 e. The number of nitrogens with one attached hydrogen (secondary N) is 1. The first-order valence-electron chi connectivity index (χ1n) is 5.03. The molecule has 0 aromatic heterocycles. The molecular weight excluding hydrogens is 188 g/mol. The van der Waals surface area contributed by atoms with Gasteiger partial charge in [-0.2, -0.15) is 0 Å². The van der Waals surface area contributed by atoms with Gasteiger partial charge in [-0.3, -0.25) is 11.3 Å². The molecule has 0 heterocycles. The lowest BCUT2D eigenvalue weighted by molar-refractivity contribution is 0.396. The summed E-state index contributed by atoms with van der Waals surface area (Å²) in [7, 11) is 1.67. The van der Waals surface area contributed by atoms with Crippen LogP contribution in [0, 0.1) is 0 Å². The molecule has 15 heavy (non-hydrogen) atoms. The molecule has 82 valence electrons.